The van der Waals surface area contributed by atoms with E-state index in [0.717, 1.165) is 6.42 Å². The number of hydrogen-bond donors (Lipinski definition) is 0. The van der Waals surface area contributed by atoms with Gasteiger partial charge in [-0.2, -0.15) is 0 Å². The lowest BCUT2D eigenvalue weighted by Gasteiger charge is -2.24. The summed E-state index contributed by atoms with van der Waals surface area (Å²) in [5, 5.41) is 0. The largest absolute Gasteiger partial charge is 0.443 e. The average molecular weight is 197 g/mol. The zero-order chi connectivity index (χ0) is 10.5. The number of carbonyl (C=O) groups excluding carboxylic acids is 2. The van der Waals surface area contributed by atoms with Gasteiger partial charge in [0.2, 0.25) is 5.91 Å². The van der Waals surface area contributed by atoms with Crippen molar-refractivity contribution in [2.24, 2.45) is 11.8 Å². The van der Waals surface area contributed by atoms with Crippen LogP contribution in [0.1, 0.15) is 27.2 Å². The van der Waals surface area contributed by atoms with Gasteiger partial charge in [0.1, 0.15) is 5.60 Å². The van der Waals surface area contributed by atoms with Gasteiger partial charge in [-0.1, -0.05) is 0 Å². The predicted octanol–water partition coefficient (Wildman–Crippen LogP) is 1.40. The van der Waals surface area contributed by atoms with Crippen molar-refractivity contribution < 1.29 is 14.3 Å². The number of hydrogen-bond acceptors (Lipinski definition) is 3. The van der Waals surface area contributed by atoms with E-state index >= 15 is 0 Å². The molecular weight excluding hydrogens is 182 g/mol. The second kappa shape index (κ2) is 2.72. The summed E-state index contributed by atoms with van der Waals surface area (Å²) in [7, 11) is 0. The molecule has 78 valence electrons. The van der Waals surface area contributed by atoms with E-state index < -0.39 is 11.7 Å². The van der Waals surface area contributed by atoms with Crippen LogP contribution in [-0.4, -0.2) is 29.0 Å². The monoisotopic (exact) mass is 197 g/mol. The van der Waals surface area contributed by atoms with E-state index in [1.165, 1.54) is 4.90 Å². The van der Waals surface area contributed by atoms with E-state index in [1.807, 2.05) is 0 Å². The van der Waals surface area contributed by atoms with Crippen LogP contribution in [0.3, 0.4) is 0 Å². The molecule has 4 nitrogen and oxygen atoms in total. The van der Waals surface area contributed by atoms with Gasteiger partial charge in [-0.3, -0.25) is 4.79 Å². The Labute approximate surface area is 83.2 Å². The molecule has 2 amide bonds. The van der Waals surface area contributed by atoms with Crippen LogP contribution in [0, 0.1) is 11.8 Å². The molecular formula is C10H15NO3. The number of fused-ring (bicyclic) bond motifs is 1. The summed E-state index contributed by atoms with van der Waals surface area (Å²) < 4.78 is 5.13. The molecule has 2 fully saturated rings. The summed E-state index contributed by atoms with van der Waals surface area (Å²) in [6.07, 6.45) is 0.465. The molecule has 0 aromatic carbocycles. The van der Waals surface area contributed by atoms with Crippen molar-refractivity contribution in [3.05, 3.63) is 0 Å². The molecule has 0 spiro atoms. The number of ether oxygens (including phenoxy) is 1. The number of carbonyl (C=O) groups is 2. The first-order valence-electron chi connectivity index (χ1n) is 4.93. The van der Waals surface area contributed by atoms with Crippen LogP contribution in [0.4, 0.5) is 4.79 Å². The van der Waals surface area contributed by atoms with E-state index in [0.29, 0.717) is 12.5 Å². The van der Waals surface area contributed by atoms with Gasteiger partial charge in [-0.05, 0) is 33.1 Å². The third-order valence-corrected chi connectivity index (χ3v) is 2.54. The van der Waals surface area contributed by atoms with E-state index in [1.54, 1.807) is 20.8 Å². The number of nitrogens with zero attached hydrogens (tertiary/aromatic N) is 1. The summed E-state index contributed by atoms with van der Waals surface area (Å²) in [5.41, 5.74) is -0.524. The Bertz CT molecular complexity index is 292. The first-order chi connectivity index (χ1) is 6.38. The fourth-order valence-electron chi connectivity index (χ4n) is 1.76. The van der Waals surface area contributed by atoms with Gasteiger partial charge >= 0.3 is 6.09 Å². The number of likely N-dealkylation sites (tertiary alicyclic amines) is 1. The maximum absolute atomic E-state index is 11.5. The Kier molecular flexibility index (Phi) is 1.84. The van der Waals surface area contributed by atoms with E-state index in [4.69, 9.17) is 4.74 Å². The van der Waals surface area contributed by atoms with Crippen LogP contribution in [0.15, 0.2) is 0 Å². The first-order valence-corrected chi connectivity index (χ1v) is 4.93. The Morgan fingerprint density at radius 1 is 1.50 bits per heavy atom. The lowest BCUT2D eigenvalue weighted by molar-refractivity contribution is -0.129. The molecule has 1 aliphatic heterocycles. The van der Waals surface area contributed by atoms with Crippen molar-refractivity contribution in [2.45, 2.75) is 32.8 Å². The highest BCUT2D eigenvalue weighted by atomic mass is 16.6. The molecule has 2 atom stereocenters. The zero-order valence-electron chi connectivity index (χ0n) is 8.74. The third kappa shape index (κ3) is 1.61. The Morgan fingerprint density at radius 3 is 2.57 bits per heavy atom. The quantitative estimate of drug-likeness (QED) is 0.589. The number of amides is 2. The highest BCUT2D eigenvalue weighted by molar-refractivity contribution is 5.97. The highest BCUT2D eigenvalue weighted by Crippen LogP contribution is 2.46. The minimum absolute atomic E-state index is 0.0516. The molecule has 0 aromatic heterocycles. The minimum Gasteiger partial charge on any atom is -0.443 e. The standard InChI is InChI=1S/C10H15NO3/c1-10(2,3)14-9(13)11-5-6-4-7(6)8(11)12/h6-7H,4-5H2,1-3H3/t6-,7-/m1/s1. The molecule has 4 heteroatoms. The third-order valence-electron chi connectivity index (χ3n) is 2.54. The average Bonchev–Trinajstić information content (AvgIpc) is 2.68. The summed E-state index contributed by atoms with van der Waals surface area (Å²) in [6, 6.07) is 0. The van der Waals surface area contributed by atoms with E-state index in [9.17, 15) is 9.59 Å². The summed E-state index contributed by atoms with van der Waals surface area (Å²) in [4.78, 5) is 24.3. The Balaban J connectivity index is 1.96. The van der Waals surface area contributed by atoms with Gasteiger partial charge in [-0.25, -0.2) is 9.69 Å². The topological polar surface area (TPSA) is 46.6 Å². The van der Waals surface area contributed by atoms with Gasteiger partial charge in [-0.15, -0.1) is 0 Å². The molecule has 1 aliphatic carbocycles. The number of piperidine rings is 1. The van der Waals surface area contributed by atoms with Crippen molar-refractivity contribution >= 4 is 12.0 Å². The molecule has 0 unspecified atom stereocenters. The van der Waals surface area contributed by atoms with Crippen LogP contribution in [0.2, 0.25) is 0 Å². The lowest BCUT2D eigenvalue weighted by atomic mass is 10.2. The molecule has 14 heavy (non-hydrogen) atoms. The van der Waals surface area contributed by atoms with Crippen molar-refractivity contribution in [3.8, 4) is 0 Å². The van der Waals surface area contributed by atoms with Crippen LogP contribution in [0.5, 0.6) is 0 Å². The van der Waals surface area contributed by atoms with Crippen LogP contribution < -0.4 is 0 Å². The summed E-state index contributed by atoms with van der Waals surface area (Å²) in [6.45, 7) is 5.95. The fourth-order valence-corrected chi connectivity index (χ4v) is 1.76. The van der Waals surface area contributed by atoms with Crippen molar-refractivity contribution in [2.75, 3.05) is 6.54 Å². The van der Waals surface area contributed by atoms with E-state index in [-0.39, 0.29) is 11.8 Å². The molecule has 0 aromatic rings. The zero-order valence-corrected chi connectivity index (χ0v) is 8.74. The Hall–Kier alpha value is -1.06. The van der Waals surface area contributed by atoms with Crippen LogP contribution >= 0.6 is 0 Å². The van der Waals surface area contributed by atoms with Crippen molar-refractivity contribution in [3.63, 3.8) is 0 Å². The lowest BCUT2D eigenvalue weighted by Crippen LogP contribution is -2.39. The van der Waals surface area contributed by atoms with Gasteiger partial charge in [0.15, 0.2) is 0 Å². The molecule has 1 saturated heterocycles. The number of imide groups is 1. The predicted molar refractivity (Wildman–Crippen MR) is 49.5 cm³/mol. The molecule has 2 aliphatic rings. The Morgan fingerprint density at radius 2 is 2.14 bits per heavy atom. The molecule has 0 N–H and O–H groups in total. The van der Waals surface area contributed by atoms with Gasteiger partial charge in [0.25, 0.3) is 0 Å². The summed E-state index contributed by atoms with van der Waals surface area (Å²) >= 11 is 0. The molecule has 0 bridgehead atoms. The second-order valence-corrected chi connectivity index (χ2v) is 5.03. The fraction of sp³-hybridized carbons (Fsp3) is 0.800. The number of rotatable bonds is 0. The minimum atomic E-state index is -0.524. The first kappa shape index (κ1) is 9.49. The van der Waals surface area contributed by atoms with Gasteiger partial charge in [0, 0.05) is 12.5 Å². The smallest absolute Gasteiger partial charge is 0.417 e. The van der Waals surface area contributed by atoms with Crippen molar-refractivity contribution in [1.82, 2.24) is 4.90 Å². The van der Waals surface area contributed by atoms with Crippen molar-refractivity contribution in [1.29, 1.82) is 0 Å². The van der Waals surface area contributed by atoms with Gasteiger partial charge in [0.05, 0.1) is 0 Å². The maximum atomic E-state index is 11.5. The van der Waals surface area contributed by atoms with Gasteiger partial charge < -0.3 is 4.74 Å². The maximum Gasteiger partial charge on any atom is 0.417 e. The second-order valence-electron chi connectivity index (χ2n) is 5.03. The SMILES string of the molecule is CC(C)(C)OC(=O)N1C[C@H]2C[C@H]2C1=O. The van der Waals surface area contributed by atoms with Crippen LogP contribution in [-0.2, 0) is 9.53 Å². The van der Waals surface area contributed by atoms with E-state index in [2.05, 4.69) is 0 Å². The van der Waals surface area contributed by atoms with Crippen LogP contribution in [0.25, 0.3) is 0 Å². The molecule has 0 radical (unpaired) electrons. The molecule has 1 saturated carbocycles. The normalized spacial score (nSPS) is 30.2. The molecule has 1 heterocycles. The highest BCUT2D eigenvalue weighted by Gasteiger charge is 2.54. The molecule has 2 rings (SSSR count). The summed E-state index contributed by atoms with van der Waals surface area (Å²) in [5.74, 6) is 0.474.